The Kier molecular flexibility index (Phi) is 4.06. The van der Waals surface area contributed by atoms with Crippen molar-refractivity contribution in [3.05, 3.63) is 47.1 Å². The van der Waals surface area contributed by atoms with Gasteiger partial charge in [-0.1, -0.05) is 23.7 Å². The molecule has 0 aliphatic heterocycles. The first-order valence-electron chi connectivity index (χ1n) is 6.93. The van der Waals surface area contributed by atoms with Crippen LogP contribution in [0.5, 0.6) is 0 Å². The van der Waals surface area contributed by atoms with Gasteiger partial charge in [0.1, 0.15) is 11.3 Å². The van der Waals surface area contributed by atoms with Crippen LogP contribution < -0.4 is 5.32 Å². The molecular formula is C14H15ClN6O. The van der Waals surface area contributed by atoms with Crippen molar-refractivity contribution in [2.45, 2.75) is 26.4 Å². The first-order chi connectivity index (χ1) is 10.6. The van der Waals surface area contributed by atoms with Gasteiger partial charge in [0.2, 0.25) is 5.91 Å². The highest BCUT2D eigenvalue weighted by molar-refractivity contribution is 6.30. The fourth-order valence-corrected chi connectivity index (χ4v) is 2.24. The van der Waals surface area contributed by atoms with E-state index in [9.17, 15) is 4.79 Å². The van der Waals surface area contributed by atoms with Crippen molar-refractivity contribution in [1.82, 2.24) is 29.7 Å². The monoisotopic (exact) mass is 318 g/mol. The molecule has 22 heavy (non-hydrogen) atoms. The summed E-state index contributed by atoms with van der Waals surface area (Å²) in [6.45, 7) is 2.70. The van der Waals surface area contributed by atoms with Gasteiger partial charge in [-0.25, -0.2) is 9.67 Å². The van der Waals surface area contributed by atoms with Gasteiger partial charge in [0.15, 0.2) is 0 Å². The van der Waals surface area contributed by atoms with Crippen LogP contribution >= 0.6 is 11.6 Å². The zero-order valence-electron chi connectivity index (χ0n) is 12.0. The molecule has 0 aliphatic carbocycles. The molecule has 1 N–H and O–H groups in total. The Balaban J connectivity index is 1.69. The molecule has 7 nitrogen and oxygen atoms in total. The lowest BCUT2D eigenvalue weighted by atomic mass is 10.4. The number of hydrogen-bond acceptors (Lipinski definition) is 4. The van der Waals surface area contributed by atoms with Crippen molar-refractivity contribution >= 4 is 23.2 Å². The summed E-state index contributed by atoms with van der Waals surface area (Å²) in [5.41, 5.74) is 2.40. The zero-order chi connectivity index (χ0) is 15.5. The number of fused-ring (bicyclic) bond motifs is 1. The molecule has 0 unspecified atom stereocenters. The molecule has 0 aromatic carbocycles. The molecule has 0 spiro atoms. The molecule has 0 bridgehead atoms. The van der Waals surface area contributed by atoms with Gasteiger partial charge in [-0.05, 0) is 12.1 Å². The first-order valence-corrected chi connectivity index (χ1v) is 7.30. The summed E-state index contributed by atoms with van der Waals surface area (Å²) in [5.74, 6) is -0.00761. The van der Waals surface area contributed by atoms with E-state index in [4.69, 9.17) is 11.6 Å². The fraction of sp³-hybridized carbons (Fsp3) is 0.286. The topological polar surface area (TPSA) is 77.1 Å². The summed E-state index contributed by atoms with van der Waals surface area (Å²) < 4.78 is 3.56. The van der Waals surface area contributed by atoms with E-state index in [-0.39, 0.29) is 5.91 Å². The van der Waals surface area contributed by atoms with Crippen molar-refractivity contribution < 1.29 is 4.79 Å². The molecular weight excluding hydrogens is 304 g/mol. The van der Waals surface area contributed by atoms with Gasteiger partial charge >= 0.3 is 0 Å². The van der Waals surface area contributed by atoms with E-state index in [2.05, 4.69) is 20.6 Å². The Morgan fingerprint density at radius 1 is 1.27 bits per heavy atom. The van der Waals surface area contributed by atoms with Crippen LogP contribution in [-0.2, 0) is 17.9 Å². The van der Waals surface area contributed by atoms with Crippen LogP contribution in [0.3, 0.4) is 0 Å². The second-order valence-corrected chi connectivity index (χ2v) is 5.32. The molecule has 0 radical (unpaired) electrons. The van der Waals surface area contributed by atoms with Crippen molar-refractivity contribution in [3.8, 4) is 0 Å². The van der Waals surface area contributed by atoms with Gasteiger partial charge in [0.05, 0.1) is 30.0 Å². The Bertz CT molecular complexity index is 809. The van der Waals surface area contributed by atoms with E-state index in [0.29, 0.717) is 30.2 Å². The average Bonchev–Trinajstić information content (AvgIpc) is 3.10. The second-order valence-electron chi connectivity index (χ2n) is 4.88. The maximum Gasteiger partial charge on any atom is 0.220 e. The van der Waals surface area contributed by atoms with Crippen LogP contribution in [0.1, 0.15) is 24.7 Å². The van der Waals surface area contributed by atoms with E-state index in [1.165, 1.54) is 0 Å². The largest absolute Gasteiger partial charge is 0.350 e. The highest BCUT2D eigenvalue weighted by Crippen LogP contribution is 2.12. The van der Waals surface area contributed by atoms with Gasteiger partial charge in [-0.3, -0.25) is 4.79 Å². The number of halogens is 1. The number of nitrogens with one attached hydrogen (secondary N) is 1. The Labute approximate surface area is 131 Å². The smallest absolute Gasteiger partial charge is 0.220 e. The van der Waals surface area contributed by atoms with E-state index in [1.807, 2.05) is 23.6 Å². The predicted molar refractivity (Wildman–Crippen MR) is 81.5 cm³/mol. The molecule has 3 aromatic rings. The minimum Gasteiger partial charge on any atom is -0.350 e. The number of imidazole rings is 1. The maximum absolute atomic E-state index is 11.2. The van der Waals surface area contributed by atoms with Crippen molar-refractivity contribution in [1.29, 1.82) is 0 Å². The molecule has 1 amide bonds. The summed E-state index contributed by atoms with van der Waals surface area (Å²) in [7, 11) is 0. The lowest BCUT2D eigenvalue weighted by molar-refractivity contribution is -0.120. The number of carbonyl (C=O) groups is 1. The molecule has 0 fully saturated rings. The van der Waals surface area contributed by atoms with E-state index in [1.54, 1.807) is 23.1 Å². The zero-order valence-corrected chi connectivity index (χ0v) is 12.8. The SMILES string of the molecule is CCC(=O)NCc1cn(Cc2cn3cc(Cl)ccc3n2)nn1. The van der Waals surface area contributed by atoms with Crippen LogP contribution in [0.2, 0.25) is 5.02 Å². The first kappa shape index (κ1) is 14.5. The number of carbonyl (C=O) groups excluding carboxylic acids is 1. The Morgan fingerprint density at radius 3 is 2.95 bits per heavy atom. The molecule has 0 atom stereocenters. The molecule has 0 aliphatic rings. The highest BCUT2D eigenvalue weighted by Gasteiger charge is 2.06. The number of pyridine rings is 1. The van der Waals surface area contributed by atoms with Gasteiger partial charge in [-0.15, -0.1) is 5.10 Å². The minimum atomic E-state index is -0.00761. The fourth-order valence-electron chi connectivity index (χ4n) is 2.07. The van der Waals surface area contributed by atoms with Crippen LogP contribution in [-0.4, -0.2) is 30.3 Å². The molecule has 3 aromatic heterocycles. The van der Waals surface area contributed by atoms with E-state index >= 15 is 0 Å². The number of amides is 1. The second kappa shape index (κ2) is 6.15. The van der Waals surface area contributed by atoms with Crippen LogP contribution in [0.4, 0.5) is 0 Å². The van der Waals surface area contributed by atoms with Crippen molar-refractivity contribution in [2.75, 3.05) is 0 Å². The number of nitrogens with zero attached hydrogens (tertiary/aromatic N) is 5. The summed E-state index contributed by atoms with van der Waals surface area (Å²) in [5, 5.41) is 11.5. The Morgan fingerprint density at radius 2 is 2.14 bits per heavy atom. The van der Waals surface area contributed by atoms with Gasteiger partial charge in [-0.2, -0.15) is 0 Å². The third-order valence-electron chi connectivity index (χ3n) is 3.16. The summed E-state index contributed by atoms with van der Waals surface area (Å²) in [6.07, 6.45) is 5.97. The molecule has 3 heterocycles. The average molecular weight is 319 g/mol. The highest BCUT2D eigenvalue weighted by atomic mass is 35.5. The van der Waals surface area contributed by atoms with Gasteiger partial charge < -0.3 is 9.72 Å². The van der Waals surface area contributed by atoms with E-state index in [0.717, 1.165) is 11.3 Å². The van der Waals surface area contributed by atoms with Crippen molar-refractivity contribution in [2.24, 2.45) is 0 Å². The normalized spacial score (nSPS) is 11.0. The molecule has 8 heteroatoms. The third kappa shape index (κ3) is 3.25. The van der Waals surface area contributed by atoms with Crippen LogP contribution in [0.25, 0.3) is 5.65 Å². The minimum absolute atomic E-state index is 0.00761. The molecule has 0 saturated carbocycles. The van der Waals surface area contributed by atoms with E-state index < -0.39 is 0 Å². The summed E-state index contributed by atoms with van der Waals surface area (Å²) in [4.78, 5) is 15.7. The Hall–Kier alpha value is -2.41. The number of hydrogen-bond donors (Lipinski definition) is 1. The molecule has 0 saturated heterocycles. The summed E-state index contributed by atoms with van der Waals surface area (Å²) >= 11 is 5.95. The maximum atomic E-state index is 11.2. The van der Waals surface area contributed by atoms with Gasteiger partial charge in [0, 0.05) is 18.8 Å². The van der Waals surface area contributed by atoms with Crippen LogP contribution in [0, 0.1) is 0 Å². The molecule has 114 valence electrons. The van der Waals surface area contributed by atoms with Crippen LogP contribution in [0.15, 0.2) is 30.7 Å². The molecule has 3 rings (SSSR count). The van der Waals surface area contributed by atoms with Crippen molar-refractivity contribution in [3.63, 3.8) is 0 Å². The lowest BCUT2D eigenvalue weighted by Crippen LogP contribution is -2.21. The predicted octanol–water partition coefficient (Wildman–Crippen LogP) is 1.65. The summed E-state index contributed by atoms with van der Waals surface area (Å²) in [6, 6.07) is 3.66. The lowest BCUT2D eigenvalue weighted by Gasteiger charge is -1.98. The number of rotatable bonds is 5. The third-order valence-corrected chi connectivity index (χ3v) is 3.39. The quantitative estimate of drug-likeness (QED) is 0.776. The standard InChI is InChI=1S/C14H15ClN6O/c1-2-14(22)16-5-11-8-21(19-18-11)9-12-7-20-6-10(15)3-4-13(20)17-12/h3-4,6-8H,2,5,9H2,1H3,(H,16,22). The number of aromatic nitrogens is 5. The van der Waals surface area contributed by atoms with Gasteiger partial charge in [0.25, 0.3) is 0 Å².